The number of ether oxygens (including phenoxy) is 1. The van der Waals surface area contributed by atoms with Gasteiger partial charge in [-0.25, -0.2) is 4.98 Å². The minimum atomic E-state index is 0.487. The van der Waals surface area contributed by atoms with Crippen LogP contribution in [0.4, 0.5) is 5.82 Å². The van der Waals surface area contributed by atoms with E-state index in [0.717, 1.165) is 19.0 Å². The third-order valence-corrected chi connectivity index (χ3v) is 3.64. The van der Waals surface area contributed by atoms with Gasteiger partial charge in [0.15, 0.2) is 0 Å². The lowest BCUT2D eigenvalue weighted by Crippen LogP contribution is -2.24. The fourth-order valence-electron chi connectivity index (χ4n) is 2.46. The average Bonchev–Trinajstić information content (AvgIpc) is 2.82. The Morgan fingerprint density at radius 2 is 2.33 bits per heavy atom. The molecule has 18 heavy (non-hydrogen) atoms. The molecule has 1 atom stereocenters. The fourth-order valence-corrected chi connectivity index (χ4v) is 2.46. The van der Waals surface area contributed by atoms with E-state index in [1.165, 1.54) is 25.1 Å². The largest absolute Gasteiger partial charge is 0.383 e. The fraction of sp³-hybridized carbons (Fsp3) is 0.643. The maximum absolute atomic E-state index is 5.10. The van der Waals surface area contributed by atoms with Crippen LogP contribution in [-0.2, 0) is 4.74 Å². The Hall–Kier alpha value is -1.13. The SMILES string of the molecule is COCCN(C)c1cccc([C@H]2CCCN2C)n1. The molecule has 0 spiro atoms. The molecule has 0 amide bonds. The number of rotatable bonds is 5. The summed E-state index contributed by atoms with van der Waals surface area (Å²) in [6.45, 7) is 2.77. The summed E-state index contributed by atoms with van der Waals surface area (Å²) in [6, 6.07) is 6.79. The third-order valence-electron chi connectivity index (χ3n) is 3.64. The molecule has 1 aliphatic rings. The number of anilines is 1. The van der Waals surface area contributed by atoms with Crippen LogP contribution in [0.3, 0.4) is 0 Å². The minimum Gasteiger partial charge on any atom is -0.383 e. The molecule has 0 saturated carbocycles. The Morgan fingerprint density at radius 1 is 1.50 bits per heavy atom. The Labute approximate surface area is 110 Å². The minimum absolute atomic E-state index is 0.487. The summed E-state index contributed by atoms with van der Waals surface area (Å²) < 4.78 is 5.10. The van der Waals surface area contributed by atoms with E-state index >= 15 is 0 Å². The van der Waals surface area contributed by atoms with Crippen LogP contribution in [0, 0.1) is 0 Å². The smallest absolute Gasteiger partial charge is 0.128 e. The Morgan fingerprint density at radius 3 is 3.00 bits per heavy atom. The van der Waals surface area contributed by atoms with Crippen molar-refractivity contribution < 1.29 is 4.74 Å². The lowest BCUT2D eigenvalue weighted by molar-refractivity contribution is 0.206. The highest BCUT2D eigenvalue weighted by Crippen LogP contribution is 2.29. The molecule has 0 N–H and O–H groups in total. The summed E-state index contributed by atoms with van der Waals surface area (Å²) in [5.41, 5.74) is 1.19. The summed E-state index contributed by atoms with van der Waals surface area (Å²) in [5.74, 6) is 1.03. The molecular weight excluding hydrogens is 226 g/mol. The highest BCUT2D eigenvalue weighted by Gasteiger charge is 2.23. The van der Waals surface area contributed by atoms with E-state index in [2.05, 4.69) is 42.1 Å². The molecule has 2 heterocycles. The van der Waals surface area contributed by atoms with E-state index in [0.29, 0.717) is 6.04 Å². The Bertz CT molecular complexity index is 383. The van der Waals surface area contributed by atoms with Gasteiger partial charge < -0.3 is 9.64 Å². The van der Waals surface area contributed by atoms with Gasteiger partial charge >= 0.3 is 0 Å². The van der Waals surface area contributed by atoms with E-state index in [4.69, 9.17) is 9.72 Å². The molecule has 1 fully saturated rings. The lowest BCUT2D eigenvalue weighted by Gasteiger charge is -2.22. The van der Waals surface area contributed by atoms with Crippen LogP contribution in [0.2, 0.25) is 0 Å². The second kappa shape index (κ2) is 6.16. The highest BCUT2D eigenvalue weighted by atomic mass is 16.5. The first-order chi connectivity index (χ1) is 8.72. The van der Waals surface area contributed by atoms with Crippen molar-refractivity contribution in [1.29, 1.82) is 0 Å². The second-order valence-corrected chi connectivity index (χ2v) is 4.97. The Balaban J connectivity index is 2.09. The first-order valence-electron chi connectivity index (χ1n) is 6.59. The number of likely N-dealkylation sites (N-methyl/N-ethyl adjacent to an activating group) is 1. The van der Waals surface area contributed by atoms with E-state index in [9.17, 15) is 0 Å². The van der Waals surface area contributed by atoms with Crippen molar-refractivity contribution in [2.45, 2.75) is 18.9 Å². The van der Waals surface area contributed by atoms with Crippen molar-refractivity contribution in [3.05, 3.63) is 23.9 Å². The van der Waals surface area contributed by atoms with E-state index < -0.39 is 0 Å². The normalized spacial score (nSPS) is 20.3. The highest BCUT2D eigenvalue weighted by molar-refractivity contribution is 5.38. The van der Waals surface area contributed by atoms with Gasteiger partial charge in [-0.05, 0) is 38.6 Å². The molecule has 1 aliphatic heterocycles. The van der Waals surface area contributed by atoms with Crippen LogP contribution in [-0.4, -0.2) is 50.8 Å². The molecular formula is C14H23N3O. The van der Waals surface area contributed by atoms with Crippen molar-refractivity contribution in [2.24, 2.45) is 0 Å². The van der Waals surface area contributed by atoms with Crippen molar-refractivity contribution >= 4 is 5.82 Å². The summed E-state index contributed by atoms with van der Waals surface area (Å²) >= 11 is 0. The molecule has 100 valence electrons. The summed E-state index contributed by atoms with van der Waals surface area (Å²) in [7, 11) is 5.97. The predicted octanol–water partition coefficient (Wildman–Crippen LogP) is 1.93. The van der Waals surface area contributed by atoms with E-state index in [1.807, 2.05) is 0 Å². The van der Waals surface area contributed by atoms with Crippen molar-refractivity contribution in [1.82, 2.24) is 9.88 Å². The number of pyridine rings is 1. The molecule has 0 aromatic carbocycles. The molecule has 1 aromatic heterocycles. The standard InChI is InChI=1S/C14H23N3O/c1-16-9-5-7-13(16)12-6-4-8-14(15-12)17(2)10-11-18-3/h4,6,8,13H,5,7,9-11H2,1-3H3/t13-/m1/s1. The van der Waals surface area contributed by atoms with Crippen molar-refractivity contribution in [2.75, 3.05) is 45.8 Å². The summed E-state index contributed by atoms with van der Waals surface area (Å²) in [5, 5.41) is 0. The molecule has 4 nitrogen and oxygen atoms in total. The van der Waals surface area contributed by atoms with Gasteiger partial charge in [0.2, 0.25) is 0 Å². The maximum Gasteiger partial charge on any atom is 0.128 e. The van der Waals surface area contributed by atoms with Gasteiger partial charge in [0.1, 0.15) is 5.82 Å². The number of methoxy groups -OCH3 is 1. The zero-order chi connectivity index (χ0) is 13.0. The molecule has 2 rings (SSSR count). The van der Waals surface area contributed by atoms with E-state index in [1.54, 1.807) is 7.11 Å². The molecule has 0 unspecified atom stereocenters. The van der Waals surface area contributed by atoms with Crippen LogP contribution in [0.1, 0.15) is 24.6 Å². The molecule has 0 aliphatic carbocycles. The number of hydrogen-bond acceptors (Lipinski definition) is 4. The van der Waals surface area contributed by atoms with Gasteiger partial charge in [-0.1, -0.05) is 6.07 Å². The van der Waals surface area contributed by atoms with Crippen LogP contribution in [0.25, 0.3) is 0 Å². The van der Waals surface area contributed by atoms with Crippen molar-refractivity contribution in [3.63, 3.8) is 0 Å². The van der Waals surface area contributed by atoms with Crippen LogP contribution in [0.5, 0.6) is 0 Å². The first kappa shape index (κ1) is 13.3. The summed E-state index contributed by atoms with van der Waals surface area (Å²) in [4.78, 5) is 9.32. The average molecular weight is 249 g/mol. The van der Waals surface area contributed by atoms with Gasteiger partial charge in [0, 0.05) is 20.7 Å². The lowest BCUT2D eigenvalue weighted by atomic mass is 10.1. The van der Waals surface area contributed by atoms with Crippen LogP contribution >= 0.6 is 0 Å². The van der Waals surface area contributed by atoms with E-state index in [-0.39, 0.29) is 0 Å². The maximum atomic E-state index is 5.10. The first-order valence-corrected chi connectivity index (χ1v) is 6.59. The third kappa shape index (κ3) is 3.00. The zero-order valence-electron chi connectivity index (χ0n) is 11.6. The van der Waals surface area contributed by atoms with Gasteiger partial charge in [-0.15, -0.1) is 0 Å². The molecule has 0 radical (unpaired) electrons. The molecule has 4 heteroatoms. The molecule has 1 saturated heterocycles. The zero-order valence-corrected chi connectivity index (χ0v) is 11.6. The predicted molar refractivity (Wildman–Crippen MR) is 74.0 cm³/mol. The van der Waals surface area contributed by atoms with Gasteiger partial charge in [0.05, 0.1) is 18.3 Å². The van der Waals surface area contributed by atoms with Crippen LogP contribution < -0.4 is 4.90 Å². The topological polar surface area (TPSA) is 28.6 Å². The van der Waals surface area contributed by atoms with Gasteiger partial charge in [0.25, 0.3) is 0 Å². The monoisotopic (exact) mass is 249 g/mol. The molecule has 0 bridgehead atoms. The van der Waals surface area contributed by atoms with Crippen molar-refractivity contribution in [3.8, 4) is 0 Å². The summed E-state index contributed by atoms with van der Waals surface area (Å²) in [6.07, 6.45) is 2.49. The number of aromatic nitrogens is 1. The Kier molecular flexibility index (Phi) is 4.55. The van der Waals surface area contributed by atoms with Crippen LogP contribution in [0.15, 0.2) is 18.2 Å². The van der Waals surface area contributed by atoms with Gasteiger partial charge in [-0.2, -0.15) is 0 Å². The second-order valence-electron chi connectivity index (χ2n) is 4.97. The molecule has 1 aromatic rings. The quantitative estimate of drug-likeness (QED) is 0.797. The number of nitrogens with zero attached hydrogens (tertiary/aromatic N) is 3. The van der Waals surface area contributed by atoms with Gasteiger partial charge in [-0.3, -0.25) is 4.90 Å². The number of likely N-dealkylation sites (tertiary alicyclic amines) is 1. The number of hydrogen-bond donors (Lipinski definition) is 0.